The van der Waals surface area contributed by atoms with E-state index in [1.165, 1.54) is 70.6 Å². The summed E-state index contributed by atoms with van der Waals surface area (Å²) in [6.45, 7) is 2.70. The van der Waals surface area contributed by atoms with Crippen LogP contribution in [-0.4, -0.2) is 59.9 Å². The van der Waals surface area contributed by atoms with Gasteiger partial charge in [0.05, 0.1) is 13.2 Å². The first-order valence-electron chi connectivity index (χ1n) is 17.7. The highest BCUT2D eigenvalue weighted by Gasteiger charge is 2.28. The van der Waals surface area contributed by atoms with Crippen LogP contribution in [0.4, 0.5) is 0 Å². The molecule has 0 aliphatic rings. The second-order valence-corrected chi connectivity index (χ2v) is 13.5. The normalized spacial score (nSPS) is 14.2. The molecule has 0 aliphatic carbocycles. The molecule has 0 heterocycles. The lowest BCUT2D eigenvalue weighted by molar-refractivity contribution is -0.161. The maximum Gasteiger partial charge on any atom is 0.472 e. The number of carboxylic acid groups (broad SMARTS) is 1. The molecule has 0 rings (SSSR count). The summed E-state index contributed by atoms with van der Waals surface area (Å²) >= 11 is 0. The third-order valence-corrected chi connectivity index (χ3v) is 8.46. The van der Waals surface area contributed by atoms with Crippen molar-refractivity contribution in [3.05, 3.63) is 12.2 Å². The van der Waals surface area contributed by atoms with Gasteiger partial charge in [0.25, 0.3) is 0 Å². The number of hydrogen-bond acceptors (Lipinski definition) is 9. The Balaban J connectivity index is 4.41. The number of ether oxygens (including phenoxy) is 2. The van der Waals surface area contributed by atoms with Crippen molar-refractivity contribution in [1.29, 1.82) is 0 Å². The Morgan fingerprint density at radius 2 is 1.09 bits per heavy atom. The average Bonchev–Trinajstić information content (AvgIpc) is 3.02. The average molecular weight is 678 g/mol. The molecule has 0 aliphatic heterocycles. The summed E-state index contributed by atoms with van der Waals surface area (Å²) in [5, 5.41) is 8.82. The molecular weight excluding hydrogens is 613 g/mol. The van der Waals surface area contributed by atoms with E-state index in [0.29, 0.717) is 12.8 Å². The molecule has 0 radical (unpaired) electrons. The van der Waals surface area contributed by atoms with Gasteiger partial charge in [-0.25, -0.2) is 4.57 Å². The van der Waals surface area contributed by atoms with E-state index in [4.69, 9.17) is 24.8 Å². The van der Waals surface area contributed by atoms with Gasteiger partial charge >= 0.3 is 25.7 Å². The first-order chi connectivity index (χ1) is 22.1. The molecular formula is C34H64NO10P. The second-order valence-electron chi connectivity index (χ2n) is 12.0. The number of hydrogen-bond donors (Lipinski definition) is 3. The molecule has 0 saturated carbocycles. The Morgan fingerprint density at radius 3 is 1.63 bits per heavy atom. The summed E-state index contributed by atoms with van der Waals surface area (Å²) in [4.78, 5) is 45.4. The number of rotatable bonds is 33. The Labute approximate surface area is 278 Å². The summed E-state index contributed by atoms with van der Waals surface area (Å²) in [5.74, 6) is -2.41. The van der Waals surface area contributed by atoms with Gasteiger partial charge in [0.1, 0.15) is 12.6 Å². The predicted octanol–water partition coefficient (Wildman–Crippen LogP) is 8.17. The first kappa shape index (κ1) is 44.2. The molecule has 0 saturated heterocycles. The van der Waals surface area contributed by atoms with Crippen LogP contribution < -0.4 is 5.73 Å². The lowest BCUT2D eigenvalue weighted by Crippen LogP contribution is -2.34. The molecule has 0 aromatic rings. The van der Waals surface area contributed by atoms with Gasteiger partial charge in [0.2, 0.25) is 0 Å². The van der Waals surface area contributed by atoms with Crippen molar-refractivity contribution < 1.29 is 47.5 Å². The van der Waals surface area contributed by atoms with Crippen LogP contribution in [0.1, 0.15) is 155 Å². The largest absolute Gasteiger partial charge is 0.480 e. The van der Waals surface area contributed by atoms with E-state index in [1.54, 1.807) is 0 Å². The van der Waals surface area contributed by atoms with Gasteiger partial charge in [0, 0.05) is 12.8 Å². The predicted molar refractivity (Wildman–Crippen MR) is 180 cm³/mol. The van der Waals surface area contributed by atoms with E-state index in [-0.39, 0.29) is 19.4 Å². The molecule has 46 heavy (non-hydrogen) atoms. The minimum atomic E-state index is -4.70. The number of allylic oxidation sites excluding steroid dienone is 2. The molecule has 0 amide bonds. The van der Waals surface area contributed by atoms with Crippen LogP contribution in [0, 0.1) is 0 Å². The fourth-order valence-corrected chi connectivity index (χ4v) is 5.42. The highest BCUT2D eigenvalue weighted by molar-refractivity contribution is 7.47. The zero-order valence-electron chi connectivity index (χ0n) is 28.7. The Bertz CT molecular complexity index is 854. The van der Waals surface area contributed by atoms with Crippen molar-refractivity contribution in [2.75, 3.05) is 19.8 Å². The van der Waals surface area contributed by atoms with Crippen LogP contribution in [0.25, 0.3) is 0 Å². The number of phosphoric acid groups is 1. The molecule has 0 spiro atoms. The first-order valence-corrected chi connectivity index (χ1v) is 19.2. The van der Waals surface area contributed by atoms with Gasteiger partial charge in [-0.05, 0) is 38.5 Å². The SMILES string of the molecule is CCCCCCCCCCC/C=C/CCCCC(=O)OC[C@@H](COP(=O)(O)OC[C@@H](N)C(=O)O)OC(=O)CCCCCCCCC. The molecule has 0 fully saturated rings. The summed E-state index contributed by atoms with van der Waals surface area (Å²) in [6, 6.07) is -1.52. The van der Waals surface area contributed by atoms with E-state index >= 15 is 0 Å². The smallest absolute Gasteiger partial charge is 0.472 e. The van der Waals surface area contributed by atoms with Crippen LogP contribution in [0.5, 0.6) is 0 Å². The van der Waals surface area contributed by atoms with E-state index in [1.807, 2.05) is 0 Å². The number of nitrogens with two attached hydrogens (primary N) is 1. The molecule has 11 nitrogen and oxygen atoms in total. The summed E-state index contributed by atoms with van der Waals surface area (Å²) in [6.07, 6.45) is 26.0. The minimum absolute atomic E-state index is 0.158. The van der Waals surface area contributed by atoms with Crippen LogP contribution in [0.2, 0.25) is 0 Å². The van der Waals surface area contributed by atoms with Crippen LogP contribution in [-0.2, 0) is 37.5 Å². The van der Waals surface area contributed by atoms with Crippen LogP contribution in [0.3, 0.4) is 0 Å². The van der Waals surface area contributed by atoms with Crippen molar-refractivity contribution in [1.82, 2.24) is 0 Å². The van der Waals surface area contributed by atoms with E-state index < -0.39 is 51.1 Å². The number of aliphatic carboxylic acids is 1. The lowest BCUT2D eigenvalue weighted by Gasteiger charge is -2.20. The molecule has 0 aromatic carbocycles. The van der Waals surface area contributed by atoms with Crippen molar-refractivity contribution in [2.24, 2.45) is 5.73 Å². The maximum atomic E-state index is 12.4. The van der Waals surface area contributed by atoms with Gasteiger partial charge in [-0.3, -0.25) is 23.4 Å². The maximum absolute atomic E-state index is 12.4. The zero-order chi connectivity index (χ0) is 34.3. The molecule has 270 valence electrons. The minimum Gasteiger partial charge on any atom is -0.480 e. The number of carbonyl (C=O) groups is 3. The molecule has 0 aromatic heterocycles. The van der Waals surface area contributed by atoms with E-state index in [2.05, 4.69) is 30.5 Å². The van der Waals surface area contributed by atoms with E-state index in [9.17, 15) is 23.8 Å². The number of carboxylic acids is 1. The Hall–Kier alpha value is -1.78. The van der Waals surface area contributed by atoms with Crippen molar-refractivity contribution >= 4 is 25.7 Å². The van der Waals surface area contributed by atoms with Crippen LogP contribution in [0.15, 0.2) is 12.2 Å². The van der Waals surface area contributed by atoms with Gasteiger partial charge in [0.15, 0.2) is 6.10 Å². The van der Waals surface area contributed by atoms with Crippen molar-refractivity contribution in [3.8, 4) is 0 Å². The number of phosphoric ester groups is 1. The van der Waals surface area contributed by atoms with Crippen LogP contribution >= 0.6 is 7.82 Å². The summed E-state index contributed by atoms with van der Waals surface area (Å²) in [7, 11) is -4.70. The van der Waals surface area contributed by atoms with Gasteiger partial charge in [-0.15, -0.1) is 0 Å². The fraction of sp³-hybridized carbons (Fsp3) is 0.853. The standard InChI is InChI=1S/C34H64NO10P/c1-3-5-7-9-11-12-13-14-15-16-17-18-20-21-23-25-32(36)42-27-30(28-43-46(40,41)44-29-31(35)34(38)39)45-33(37)26-24-22-19-10-8-6-4-2/h17-18,30-31H,3-16,19-29,35H2,1-2H3,(H,38,39)(H,40,41)/b18-17+/t30-,31+/m0/s1. The number of carbonyl (C=O) groups excluding carboxylic acids is 2. The van der Waals surface area contributed by atoms with Crippen molar-refractivity contribution in [2.45, 2.75) is 167 Å². The summed E-state index contributed by atoms with van der Waals surface area (Å²) < 4.78 is 32.3. The topological polar surface area (TPSA) is 172 Å². The lowest BCUT2D eigenvalue weighted by atomic mass is 10.1. The molecule has 0 bridgehead atoms. The molecule has 4 N–H and O–H groups in total. The quantitative estimate of drug-likeness (QED) is 0.0265. The highest BCUT2D eigenvalue weighted by atomic mass is 31.2. The highest BCUT2D eigenvalue weighted by Crippen LogP contribution is 2.43. The van der Waals surface area contributed by atoms with Gasteiger partial charge < -0.3 is 25.2 Å². The molecule has 3 atom stereocenters. The third kappa shape index (κ3) is 29.6. The zero-order valence-corrected chi connectivity index (χ0v) is 29.6. The van der Waals surface area contributed by atoms with Gasteiger partial charge in [-0.2, -0.15) is 0 Å². The fourth-order valence-electron chi connectivity index (χ4n) is 4.65. The Morgan fingerprint density at radius 1 is 0.652 bits per heavy atom. The third-order valence-electron chi connectivity index (χ3n) is 7.51. The van der Waals surface area contributed by atoms with E-state index in [0.717, 1.165) is 44.9 Å². The molecule has 1 unspecified atom stereocenters. The summed E-state index contributed by atoms with van der Waals surface area (Å²) in [5.41, 5.74) is 5.29. The molecule has 12 heteroatoms. The number of unbranched alkanes of at least 4 members (excludes halogenated alkanes) is 17. The second kappa shape index (κ2) is 30.5. The van der Waals surface area contributed by atoms with Crippen molar-refractivity contribution in [3.63, 3.8) is 0 Å². The Kier molecular flexibility index (Phi) is 29.4. The van der Waals surface area contributed by atoms with Gasteiger partial charge in [-0.1, -0.05) is 116 Å². The monoisotopic (exact) mass is 677 g/mol. The number of esters is 2.